The van der Waals surface area contributed by atoms with Gasteiger partial charge in [0.25, 0.3) is 0 Å². The van der Waals surface area contributed by atoms with Crippen molar-refractivity contribution in [3.05, 3.63) is 69.8 Å². The lowest BCUT2D eigenvalue weighted by molar-refractivity contribution is 0.724. The van der Waals surface area contributed by atoms with Crippen molar-refractivity contribution < 1.29 is 0 Å². The molecule has 0 unspecified atom stereocenters. The lowest BCUT2D eigenvalue weighted by atomic mass is 9.95. The van der Waals surface area contributed by atoms with E-state index in [0.29, 0.717) is 0 Å². The van der Waals surface area contributed by atoms with E-state index in [9.17, 15) is 0 Å². The van der Waals surface area contributed by atoms with Crippen molar-refractivity contribution in [3.63, 3.8) is 0 Å². The second-order valence-corrected chi connectivity index (χ2v) is 6.85. The Kier molecular flexibility index (Phi) is 4.14. The maximum atomic E-state index is 2.39. The summed E-state index contributed by atoms with van der Waals surface area (Å²) >= 11 is 0. The van der Waals surface area contributed by atoms with Crippen LogP contribution in [0.1, 0.15) is 52.6 Å². The SMILES string of the molecule is Cc1ccc(Cc2ccc(CCC3CC3)c(C)c2)c(C)c1. The van der Waals surface area contributed by atoms with E-state index >= 15 is 0 Å². The van der Waals surface area contributed by atoms with Crippen molar-refractivity contribution in [3.8, 4) is 0 Å². The summed E-state index contributed by atoms with van der Waals surface area (Å²) in [6.07, 6.45) is 6.63. The molecule has 2 aromatic rings. The van der Waals surface area contributed by atoms with Crippen LogP contribution in [0.5, 0.6) is 0 Å². The molecule has 0 aliphatic heterocycles. The maximum absolute atomic E-state index is 2.39. The van der Waals surface area contributed by atoms with Crippen molar-refractivity contribution in [1.82, 2.24) is 0 Å². The molecule has 0 aromatic heterocycles. The number of hydrogen-bond acceptors (Lipinski definition) is 0. The Morgan fingerprint density at radius 3 is 2.24 bits per heavy atom. The van der Waals surface area contributed by atoms with Crippen molar-refractivity contribution in [2.24, 2.45) is 5.92 Å². The Bertz CT molecular complexity index is 632. The van der Waals surface area contributed by atoms with E-state index in [0.717, 1.165) is 12.3 Å². The summed E-state index contributed by atoms with van der Waals surface area (Å²) in [5, 5.41) is 0. The van der Waals surface area contributed by atoms with E-state index < -0.39 is 0 Å². The zero-order valence-electron chi connectivity index (χ0n) is 13.6. The molecule has 2 aromatic carbocycles. The minimum absolute atomic E-state index is 1.03. The summed E-state index contributed by atoms with van der Waals surface area (Å²) < 4.78 is 0. The Morgan fingerprint density at radius 2 is 1.57 bits per heavy atom. The normalized spacial score (nSPS) is 14.4. The van der Waals surface area contributed by atoms with Gasteiger partial charge in [-0.15, -0.1) is 0 Å². The van der Waals surface area contributed by atoms with Gasteiger partial charge in [0.15, 0.2) is 0 Å². The van der Waals surface area contributed by atoms with Crippen molar-refractivity contribution in [2.45, 2.75) is 52.9 Å². The van der Waals surface area contributed by atoms with Gasteiger partial charge in [0, 0.05) is 0 Å². The molecule has 110 valence electrons. The molecule has 1 aliphatic rings. The molecular weight excluding hydrogens is 252 g/mol. The number of rotatable bonds is 5. The van der Waals surface area contributed by atoms with Crippen LogP contribution in [0.4, 0.5) is 0 Å². The molecule has 3 rings (SSSR count). The molecule has 21 heavy (non-hydrogen) atoms. The van der Waals surface area contributed by atoms with Gasteiger partial charge in [0.1, 0.15) is 0 Å². The van der Waals surface area contributed by atoms with Gasteiger partial charge < -0.3 is 0 Å². The molecule has 0 heteroatoms. The minimum atomic E-state index is 1.03. The second kappa shape index (κ2) is 6.05. The zero-order chi connectivity index (χ0) is 14.8. The van der Waals surface area contributed by atoms with Crippen LogP contribution >= 0.6 is 0 Å². The van der Waals surface area contributed by atoms with Crippen molar-refractivity contribution in [2.75, 3.05) is 0 Å². The highest BCUT2D eigenvalue weighted by molar-refractivity contribution is 5.38. The predicted octanol–water partition coefficient (Wildman–Crippen LogP) is 5.55. The summed E-state index contributed by atoms with van der Waals surface area (Å²) in [5.74, 6) is 1.03. The van der Waals surface area contributed by atoms with E-state index in [2.05, 4.69) is 57.2 Å². The van der Waals surface area contributed by atoms with Gasteiger partial charge in [-0.05, 0) is 73.8 Å². The monoisotopic (exact) mass is 278 g/mol. The maximum Gasteiger partial charge on any atom is -0.00230 e. The first-order chi connectivity index (χ1) is 10.1. The molecular formula is C21H26. The molecule has 1 aliphatic carbocycles. The summed E-state index contributed by atoms with van der Waals surface area (Å²) in [7, 11) is 0. The summed E-state index contributed by atoms with van der Waals surface area (Å²) in [6.45, 7) is 6.66. The van der Waals surface area contributed by atoms with Gasteiger partial charge in [-0.2, -0.15) is 0 Å². The topological polar surface area (TPSA) is 0 Å². The van der Waals surface area contributed by atoms with Crippen molar-refractivity contribution >= 4 is 0 Å². The highest BCUT2D eigenvalue weighted by atomic mass is 14.3. The van der Waals surface area contributed by atoms with Gasteiger partial charge in [-0.25, -0.2) is 0 Å². The van der Waals surface area contributed by atoms with E-state index in [1.807, 2.05) is 0 Å². The van der Waals surface area contributed by atoms with Crippen LogP contribution in [0.15, 0.2) is 36.4 Å². The number of hydrogen-bond donors (Lipinski definition) is 0. The molecule has 0 N–H and O–H groups in total. The fourth-order valence-corrected chi connectivity index (χ4v) is 3.18. The van der Waals surface area contributed by atoms with E-state index in [4.69, 9.17) is 0 Å². The molecule has 0 atom stereocenters. The highest BCUT2D eigenvalue weighted by Gasteiger charge is 2.20. The van der Waals surface area contributed by atoms with Crippen LogP contribution in [-0.4, -0.2) is 0 Å². The Hall–Kier alpha value is -1.56. The van der Waals surface area contributed by atoms with E-state index in [-0.39, 0.29) is 0 Å². The Balaban J connectivity index is 1.71. The molecule has 0 saturated heterocycles. The smallest absolute Gasteiger partial charge is 0.00230 e. The molecule has 0 spiro atoms. The van der Waals surface area contributed by atoms with Crippen LogP contribution in [0.3, 0.4) is 0 Å². The first-order valence-corrected chi connectivity index (χ1v) is 8.26. The van der Waals surface area contributed by atoms with Crippen LogP contribution in [0.25, 0.3) is 0 Å². The minimum Gasteiger partial charge on any atom is -0.0590 e. The van der Waals surface area contributed by atoms with Gasteiger partial charge in [0.05, 0.1) is 0 Å². The summed E-state index contributed by atoms with van der Waals surface area (Å²) in [6, 6.07) is 13.9. The fourth-order valence-electron chi connectivity index (χ4n) is 3.18. The number of benzene rings is 2. The first kappa shape index (κ1) is 14.4. The van der Waals surface area contributed by atoms with Gasteiger partial charge in [-0.1, -0.05) is 54.8 Å². The predicted molar refractivity (Wildman–Crippen MR) is 90.9 cm³/mol. The Labute approximate surface area is 129 Å². The van der Waals surface area contributed by atoms with Gasteiger partial charge in [0.2, 0.25) is 0 Å². The van der Waals surface area contributed by atoms with Crippen LogP contribution in [-0.2, 0) is 12.8 Å². The summed E-state index contributed by atoms with van der Waals surface area (Å²) in [5.41, 5.74) is 8.66. The quantitative estimate of drug-likeness (QED) is 0.673. The molecule has 0 nitrogen and oxygen atoms in total. The molecule has 0 amide bonds. The van der Waals surface area contributed by atoms with E-state index in [1.165, 1.54) is 53.5 Å². The van der Waals surface area contributed by atoms with E-state index in [1.54, 1.807) is 5.56 Å². The standard InChI is InChI=1S/C21H26/c1-15-4-9-21(16(2)12-15)14-19-8-11-20(17(3)13-19)10-7-18-5-6-18/h4,8-9,11-13,18H,5-7,10,14H2,1-3H3. The second-order valence-electron chi connectivity index (χ2n) is 6.85. The lowest BCUT2D eigenvalue weighted by Gasteiger charge is -2.11. The summed E-state index contributed by atoms with van der Waals surface area (Å²) in [4.78, 5) is 0. The van der Waals surface area contributed by atoms with Gasteiger partial charge in [-0.3, -0.25) is 0 Å². The fraction of sp³-hybridized carbons (Fsp3) is 0.429. The lowest BCUT2D eigenvalue weighted by Crippen LogP contribution is -1.96. The first-order valence-electron chi connectivity index (χ1n) is 8.26. The van der Waals surface area contributed by atoms with Crippen LogP contribution < -0.4 is 0 Å². The van der Waals surface area contributed by atoms with Gasteiger partial charge >= 0.3 is 0 Å². The number of aryl methyl sites for hydroxylation is 4. The van der Waals surface area contributed by atoms with Crippen LogP contribution in [0, 0.1) is 26.7 Å². The zero-order valence-corrected chi connectivity index (χ0v) is 13.6. The molecule has 1 saturated carbocycles. The van der Waals surface area contributed by atoms with Crippen LogP contribution in [0.2, 0.25) is 0 Å². The average molecular weight is 278 g/mol. The molecule has 0 radical (unpaired) electrons. The third-order valence-electron chi connectivity index (χ3n) is 4.82. The molecule has 0 bridgehead atoms. The average Bonchev–Trinajstić information content (AvgIpc) is 3.25. The molecule has 1 fully saturated rings. The third kappa shape index (κ3) is 3.75. The molecule has 0 heterocycles. The largest absolute Gasteiger partial charge is 0.0590 e. The Morgan fingerprint density at radius 1 is 0.857 bits per heavy atom. The van der Waals surface area contributed by atoms with Crippen molar-refractivity contribution in [1.29, 1.82) is 0 Å². The third-order valence-corrected chi connectivity index (χ3v) is 4.82. The highest BCUT2D eigenvalue weighted by Crippen LogP contribution is 2.34.